The third-order valence-corrected chi connectivity index (χ3v) is 5.11. The van der Waals surface area contributed by atoms with Crippen molar-refractivity contribution in [3.63, 3.8) is 0 Å². The topological polar surface area (TPSA) is 54.9 Å². The minimum Gasteiger partial charge on any atom is -0.354 e. The minimum atomic E-state index is -0.0143. The Hall–Kier alpha value is -3.40. The molecular formula is C22H16N2O2. The van der Waals surface area contributed by atoms with E-state index in [-0.39, 0.29) is 10.9 Å². The molecule has 0 saturated carbocycles. The predicted octanol–water partition coefficient (Wildman–Crippen LogP) is 4.17. The van der Waals surface area contributed by atoms with Gasteiger partial charge in [0, 0.05) is 33.6 Å². The van der Waals surface area contributed by atoms with Gasteiger partial charge in [0.15, 0.2) is 10.9 Å². The van der Waals surface area contributed by atoms with Crippen molar-refractivity contribution >= 4 is 43.6 Å². The van der Waals surface area contributed by atoms with Crippen LogP contribution in [0, 0.1) is 0 Å². The second kappa shape index (κ2) is 5.30. The molecule has 1 N–H and O–H groups in total. The monoisotopic (exact) mass is 340 g/mol. The zero-order valence-electron chi connectivity index (χ0n) is 14.2. The van der Waals surface area contributed by atoms with Crippen LogP contribution in [0.25, 0.3) is 43.6 Å². The number of hydrogen-bond donors (Lipinski definition) is 1. The van der Waals surface area contributed by atoms with Crippen LogP contribution in [0.3, 0.4) is 0 Å². The number of rotatable bonds is 1. The highest BCUT2D eigenvalue weighted by Gasteiger charge is 2.13. The highest BCUT2D eigenvalue weighted by atomic mass is 16.1. The van der Waals surface area contributed by atoms with Crippen LogP contribution < -0.4 is 10.9 Å². The molecule has 0 amide bonds. The van der Waals surface area contributed by atoms with Gasteiger partial charge in [0.2, 0.25) is 0 Å². The van der Waals surface area contributed by atoms with Crippen molar-refractivity contribution in [1.29, 1.82) is 0 Å². The van der Waals surface area contributed by atoms with E-state index in [1.807, 2.05) is 67.6 Å². The van der Waals surface area contributed by atoms with Crippen molar-refractivity contribution in [3.05, 3.63) is 81.1 Å². The van der Waals surface area contributed by atoms with Crippen LogP contribution in [-0.4, -0.2) is 9.55 Å². The molecule has 0 saturated heterocycles. The highest BCUT2D eigenvalue weighted by Crippen LogP contribution is 2.24. The van der Waals surface area contributed by atoms with Crippen molar-refractivity contribution in [3.8, 4) is 0 Å². The zero-order valence-corrected chi connectivity index (χ0v) is 14.2. The first kappa shape index (κ1) is 14.9. The summed E-state index contributed by atoms with van der Waals surface area (Å²) < 4.78 is 2.10. The largest absolute Gasteiger partial charge is 0.354 e. The quantitative estimate of drug-likeness (QED) is 0.466. The van der Waals surface area contributed by atoms with Crippen molar-refractivity contribution in [2.45, 2.75) is 13.5 Å². The van der Waals surface area contributed by atoms with Crippen LogP contribution in [0.2, 0.25) is 0 Å². The van der Waals surface area contributed by atoms with Crippen LogP contribution in [-0.2, 0) is 6.54 Å². The fourth-order valence-electron chi connectivity index (χ4n) is 3.88. The Morgan fingerprint density at radius 3 is 2.23 bits per heavy atom. The fraction of sp³-hybridized carbons (Fsp3) is 0.0909. The van der Waals surface area contributed by atoms with Crippen LogP contribution in [0.15, 0.2) is 70.3 Å². The number of nitrogens with zero attached hydrogens (tertiary/aromatic N) is 1. The molecule has 0 bridgehead atoms. The van der Waals surface area contributed by atoms with Crippen molar-refractivity contribution in [2.24, 2.45) is 0 Å². The number of aromatic nitrogens is 2. The molecule has 0 unspecified atom stereocenters. The molecule has 5 aromatic rings. The lowest BCUT2D eigenvalue weighted by Gasteiger charge is -2.14. The van der Waals surface area contributed by atoms with E-state index in [0.717, 1.165) is 16.6 Å². The Kier molecular flexibility index (Phi) is 3.04. The molecule has 0 fully saturated rings. The maximum atomic E-state index is 13.0. The normalized spacial score (nSPS) is 11.7. The zero-order chi connectivity index (χ0) is 17.8. The van der Waals surface area contributed by atoms with E-state index >= 15 is 0 Å². The molecule has 26 heavy (non-hydrogen) atoms. The number of aryl methyl sites for hydroxylation is 1. The number of hydrogen-bond acceptors (Lipinski definition) is 2. The lowest BCUT2D eigenvalue weighted by Crippen LogP contribution is -2.12. The molecule has 4 nitrogen and oxygen atoms in total. The summed E-state index contributed by atoms with van der Waals surface area (Å²) in [6.07, 6.45) is 0. The maximum Gasteiger partial charge on any atom is 0.197 e. The number of H-pyrrole nitrogens is 1. The molecule has 0 aliphatic rings. The summed E-state index contributed by atoms with van der Waals surface area (Å²) in [5.41, 5.74) is 3.14. The van der Waals surface area contributed by atoms with E-state index in [2.05, 4.69) is 9.55 Å². The first-order valence-corrected chi connectivity index (χ1v) is 8.69. The summed E-state index contributed by atoms with van der Waals surface area (Å²) in [6.45, 7) is 2.76. The van der Waals surface area contributed by atoms with Gasteiger partial charge in [-0.25, -0.2) is 0 Å². The van der Waals surface area contributed by atoms with Gasteiger partial charge in [0.25, 0.3) is 0 Å². The van der Waals surface area contributed by atoms with Gasteiger partial charge in [-0.1, -0.05) is 24.3 Å². The maximum absolute atomic E-state index is 13.0. The Labute approximate surface area is 148 Å². The number of nitrogens with one attached hydrogen (secondary N) is 1. The first-order valence-electron chi connectivity index (χ1n) is 8.69. The Balaban J connectivity index is 2.08. The predicted molar refractivity (Wildman–Crippen MR) is 107 cm³/mol. The van der Waals surface area contributed by atoms with Crippen LogP contribution >= 0.6 is 0 Å². The van der Waals surface area contributed by atoms with E-state index in [0.29, 0.717) is 33.6 Å². The molecule has 0 radical (unpaired) electrons. The average molecular weight is 340 g/mol. The Morgan fingerprint density at radius 1 is 0.731 bits per heavy atom. The molecule has 4 heteroatoms. The minimum absolute atomic E-state index is 0.00351. The standard InChI is InChI=1S/C22H16N2O2/c1-2-24-19-10-6-4-8-14(19)22(26)16-11-18-15(12-20(16)24)21(25)13-7-3-5-9-17(13)23-18/h3-12H,2H2,1H3,(H,23,25). The fourth-order valence-corrected chi connectivity index (χ4v) is 3.88. The summed E-state index contributed by atoms with van der Waals surface area (Å²) in [4.78, 5) is 29.3. The third-order valence-electron chi connectivity index (χ3n) is 5.11. The van der Waals surface area contributed by atoms with E-state index < -0.39 is 0 Å². The van der Waals surface area contributed by atoms with Crippen molar-refractivity contribution < 1.29 is 0 Å². The van der Waals surface area contributed by atoms with Gasteiger partial charge >= 0.3 is 0 Å². The van der Waals surface area contributed by atoms with E-state index in [9.17, 15) is 9.59 Å². The number of aromatic amines is 1. The summed E-state index contributed by atoms with van der Waals surface area (Å²) in [5.74, 6) is 0. The summed E-state index contributed by atoms with van der Waals surface area (Å²) in [7, 11) is 0. The molecule has 2 heterocycles. The smallest absolute Gasteiger partial charge is 0.197 e. The Morgan fingerprint density at radius 2 is 1.42 bits per heavy atom. The first-order chi connectivity index (χ1) is 12.7. The van der Waals surface area contributed by atoms with Gasteiger partial charge in [-0.05, 0) is 43.3 Å². The van der Waals surface area contributed by atoms with Crippen molar-refractivity contribution in [2.75, 3.05) is 0 Å². The lowest BCUT2D eigenvalue weighted by atomic mass is 10.0. The highest BCUT2D eigenvalue weighted by molar-refractivity contribution is 6.03. The SMILES string of the molecule is CCn1c2ccccc2c(=O)c2cc3[nH]c4ccccc4c(=O)c3cc21. The van der Waals surface area contributed by atoms with Gasteiger partial charge in [0.05, 0.1) is 16.6 Å². The van der Waals surface area contributed by atoms with E-state index in [4.69, 9.17) is 0 Å². The molecule has 2 aromatic heterocycles. The summed E-state index contributed by atoms with van der Waals surface area (Å²) in [6, 6.07) is 18.8. The molecule has 0 aliphatic carbocycles. The molecule has 3 aromatic carbocycles. The van der Waals surface area contributed by atoms with Gasteiger partial charge in [-0.2, -0.15) is 0 Å². The molecule has 0 aliphatic heterocycles. The van der Waals surface area contributed by atoms with Crippen molar-refractivity contribution in [1.82, 2.24) is 9.55 Å². The number of para-hydroxylation sites is 2. The lowest BCUT2D eigenvalue weighted by molar-refractivity contribution is 0.821. The number of benzene rings is 3. The molecule has 0 atom stereocenters. The average Bonchev–Trinajstić information content (AvgIpc) is 2.68. The second-order valence-electron chi connectivity index (χ2n) is 6.51. The summed E-state index contributed by atoms with van der Waals surface area (Å²) in [5, 5.41) is 2.59. The molecule has 126 valence electrons. The molecular weight excluding hydrogens is 324 g/mol. The summed E-state index contributed by atoms with van der Waals surface area (Å²) >= 11 is 0. The van der Waals surface area contributed by atoms with Gasteiger partial charge in [-0.15, -0.1) is 0 Å². The molecule has 0 spiro atoms. The molecule has 5 rings (SSSR count). The van der Waals surface area contributed by atoms with Gasteiger partial charge < -0.3 is 9.55 Å². The van der Waals surface area contributed by atoms with Crippen LogP contribution in [0.5, 0.6) is 0 Å². The van der Waals surface area contributed by atoms with E-state index in [1.165, 1.54) is 0 Å². The van der Waals surface area contributed by atoms with E-state index in [1.54, 1.807) is 0 Å². The number of fused-ring (bicyclic) bond motifs is 4. The third kappa shape index (κ3) is 1.90. The second-order valence-corrected chi connectivity index (χ2v) is 6.51. The number of pyridine rings is 2. The Bertz CT molecular complexity index is 1460. The van der Waals surface area contributed by atoms with Gasteiger partial charge in [0.1, 0.15) is 0 Å². The van der Waals surface area contributed by atoms with Crippen LogP contribution in [0.4, 0.5) is 0 Å². The van der Waals surface area contributed by atoms with Gasteiger partial charge in [-0.3, -0.25) is 9.59 Å². The van der Waals surface area contributed by atoms with Crippen LogP contribution in [0.1, 0.15) is 6.92 Å².